The number of thiazole rings is 1. The summed E-state index contributed by atoms with van der Waals surface area (Å²) in [5.74, 6) is -0.139. The smallest absolute Gasteiger partial charge is 0.245 e. The van der Waals surface area contributed by atoms with Gasteiger partial charge in [0.25, 0.3) is 0 Å². The highest BCUT2D eigenvalue weighted by atomic mass is 32.1. The van der Waals surface area contributed by atoms with E-state index in [0.717, 1.165) is 15.6 Å². The third kappa shape index (κ3) is 2.25. The molecule has 1 saturated heterocycles. The molecule has 0 saturated carbocycles. The van der Waals surface area contributed by atoms with Gasteiger partial charge < -0.3 is 10.2 Å². The second-order valence-corrected chi connectivity index (χ2v) is 5.85. The standard InChI is InChI=1S/C12H17N3O2S/c1-6-11(18-9(4)13-6)8(3)15-5-10(16)14-7(2)12(15)17/h7-8H,5H2,1-4H3,(H,14,16). The summed E-state index contributed by atoms with van der Waals surface area (Å²) >= 11 is 1.58. The van der Waals surface area contributed by atoms with E-state index in [2.05, 4.69) is 10.3 Å². The third-order valence-corrected chi connectivity index (χ3v) is 4.37. The number of hydrogen-bond acceptors (Lipinski definition) is 4. The first-order valence-electron chi connectivity index (χ1n) is 5.94. The van der Waals surface area contributed by atoms with Gasteiger partial charge >= 0.3 is 0 Å². The van der Waals surface area contributed by atoms with Crippen molar-refractivity contribution in [3.8, 4) is 0 Å². The summed E-state index contributed by atoms with van der Waals surface area (Å²) in [4.78, 5) is 30.7. The van der Waals surface area contributed by atoms with Gasteiger partial charge in [-0.1, -0.05) is 0 Å². The van der Waals surface area contributed by atoms with Crippen LogP contribution < -0.4 is 5.32 Å². The van der Waals surface area contributed by atoms with Gasteiger partial charge in [-0.15, -0.1) is 11.3 Å². The number of aryl methyl sites for hydroxylation is 2. The normalized spacial score (nSPS) is 22.0. The fraction of sp³-hybridized carbons (Fsp3) is 0.583. The Balaban J connectivity index is 2.27. The van der Waals surface area contributed by atoms with Gasteiger partial charge in [0.1, 0.15) is 12.6 Å². The number of piperazine rings is 1. The molecule has 1 aliphatic rings. The number of carbonyl (C=O) groups excluding carboxylic acids is 2. The van der Waals surface area contributed by atoms with Gasteiger partial charge in [-0.3, -0.25) is 9.59 Å². The first-order chi connectivity index (χ1) is 8.40. The van der Waals surface area contributed by atoms with Crippen LogP contribution in [0, 0.1) is 13.8 Å². The minimum absolute atomic E-state index is 0.0347. The van der Waals surface area contributed by atoms with Crippen LogP contribution in [0.25, 0.3) is 0 Å². The average molecular weight is 267 g/mol. The second kappa shape index (κ2) is 4.68. The number of rotatable bonds is 2. The molecule has 98 valence electrons. The molecule has 2 atom stereocenters. The van der Waals surface area contributed by atoms with E-state index in [-0.39, 0.29) is 24.4 Å². The topological polar surface area (TPSA) is 62.3 Å². The van der Waals surface area contributed by atoms with E-state index in [9.17, 15) is 9.59 Å². The van der Waals surface area contributed by atoms with Crippen molar-refractivity contribution in [2.75, 3.05) is 6.54 Å². The van der Waals surface area contributed by atoms with Crippen molar-refractivity contribution < 1.29 is 9.59 Å². The average Bonchev–Trinajstić information content (AvgIpc) is 2.62. The Morgan fingerprint density at radius 2 is 2.11 bits per heavy atom. The van der Waals surface area contributed by atoms with Crippen molar-refractivity contribution in [1.29, 1.82) is 0 Å². The predicted molar refractivity (Wildman–Crippen MR) is 69.3 cm³/mol. The zero-order valence-corrected chi connectivity index (χ0v) is 11.8. The molecular formula is C12H17N3O2S. The molecule has 6 heteroatoms. The van der Waals surface area contributed by atoms with Crippen molar-refractivity contribution in [2.45, 2.75) is 39.8 Å². The fourth-order valence-corrected chi connectivity index (χ4v) is 3.23. The molecule has 18 heavy (non-hydrogen) atoms. The third-order valence-electron chi connectivity index (χ3n) is 3.13. The summed E-state index contributed by atoms with van der Waals surface area (Å²) in [5, 5.41) is 3.63. The lowest BCUT2D eigenvalue weighted by atomic mass is 10.1. The minimum Gasteiger partial charge on any atom is -0.343 e. The number of amides is 2. The highest BCUT2D eigenvalue weighted by Gasteiger charge is 2.34. The number of hydrogen-bond donors (Lipinski definition) is 1. The number of nitrogens with zero attached hydrogens (tertiary/aromatic N) is 2. The van der Waals surface area contributed by atoms with E-state index in [4.69, 9.17) is 0 Å². The van der Waals surface area contributed by atoms with E-state index in [1.807, 2.05) is 20.8 Å². The van der Waals surface area contributed by atoms with Crippen molar-refractivity contribution in [2.24, 2.45) is 0 Å². The summed E-state index contributed by atoms with van der Waals surface area (Å²) in [5.41, 5.74) is 0.941. The molecule has 2 heterocycles. The maximum atomic E-state index is 12.1. The molecule has 2 amide bonds. The quantitative estimate of drug-likeness (QED) is 0.875. The zero-order valence-electron chi connectivity index (χ0n) is 11.0. The first-order valence-corrected chi connectivity index (χ1v) is 6.75. The van der Waals surface area contributed by atoms with Crippen LogP contribution in [-0.2, 0) is 9.59 Å². The van der Waals surface area contributed by atoms with Gasteiger partial charge in [-0.25, -0.2) is 4.98 Å². The van der Waals surface area contributed by atoms with Gasteiger partial charge in [0.15, 0.2) is 0 Å². The van der Waals surface area contributed by atoms with Gasteiger partial charge in [0.2, 0.25) is 11.8 Å². The Morgan fingerprint density at radius 1 is 1.44 bits per heavy atom. The molecule has 1 aromatic heterocycles. The minimum atomic E-state index is -0.442. The Morgan fingerprint density at radius 3 is 2.67 bits per heavy atom. The van der Waals surface area contributed by atoms with E-state index in [0.29, 0.717) is 0 Å². The summed E-state index contributed by atoms with van der Waals surface area (Å²) in [6, 6.07) is -0.541. The summed E-state index contributed by atoms with van der Waals surface area (Å²) < 4.78 is 0. The van der Waals surface area contributed by atoms with Gasteiger partial charge in [0.05, 0.1) is 16.7 Å². The lowest BCUT2D eigenvalue weighted by molar-refractivity contribution is -0.145. The van der Waals surface area contributed by atoms with Crippen molar-refractivity contribution in [3.05, 3.63) is 15.6 Å². The Kier molecular flexibility index (Phi) is 3.38. The molecule has 2 rings (SSSR count). The van der Waals surface area contributed by atoms with Crippen LogP contribution in [0.15, 0.2) is 0 Å². The maximum Gasteiger partial charge on any atom is 0.245 e. The SMILES string of the molecule is Cc1nc(C)c(C(C)N2CC(=O)NC(C)C2=O)s1. The molecule has 0 spiro atoms. The van der Waals surface area contributed by atoms with E-state index in [1.54, 1.807) is 23.2 Å². The highest BCUT2D eigenvalue weighted by molar-refractivity contribution is 7.11. The van der Waals surface area contributed by atoms with Crippen molar-refractivity contribution in [1.82, 2.24) is 15.2 Å². The second-order valence-electron chi connectivity index (χ2n) is 4.61. The molecular weight excluding hydrogens is 250 g/mol. The van der Waals surface area contributed by atoms with Crippen LogP contribution in [0.5, 0.6) is 0 Å². The number of aromatic nitrogens is 1. The van der Waals surface area contributed by atoms with Crippen LogP contribution in [0.4, 0.5) is 0 Å². The van der Waals surface area contributed by atoms with E-state index >= 15 is 0 Å². The molecule has 1 N–H and O–H groups in total. The van der Waals surface area contributed by atoms with Crippen molar-refractivity contribution in [3.63, 3.8) is 0 Å². The molecule has 0 radical (unpaired) electrons. The van der Waals surface area contributed by atoms with Crippen molar-refractivity contribution >= 4 is 23.2 Å². The molecule has 0 aromatic carbocycles. The van der Waals surface area contributed by atoms with Gasteiger partial charge in [-0.2, -0.15) is 0 Å². The molecule has 1 fully saturated rings. The maximum absolute atomic E-state index is 12.1. The van der Waals surface area contributed by atoms with Gasteiger partial charge in [-0.05, 0) is 27.7 Å². The van der Waals surface area contributed by atoms with Crippen LogP contribution in [0.2, 0.25) is 0 Å². The van der Waals surface area contributed by atoms with Crippen LogP contribution in [0.3, 0.4) is 0 Å². The van der Waals surface area contributed by atoms with Gasteiger partial charge in [0, 0.05) is 4.88 Å². The largest absolute Gasteiger partial charge is 0.343 e. The molecule has 5 nitrogen and oxygen atoms in total. The highest BCUT2D eigenvalue weighted by Crippen LogP contribution is 2.29. The van der Waals surface area contributed by atoms with Crippen LogP contribution in [-0.4, -0.2) is 34.3 Å². The first kappa shape index (κ1) is 13.0. The summed E-state index contributed by atoms with van der Waals surface area (Å²) in [6.45, 7) is 7.67. The van der Waals surface area contributed by atoms with Crippen LogP contribution in [0.1, 0.15) is 35.5 Å². The van der Waals surface area contributed by atoms with E-state index < -0.39 is 6.04 Å². The predicted octanol–water partition coefficient (Wildman–Crippen LogP) is 1.17. The fourth-order valence-electron chi connectivity index (χ4n) is 2.23. The Labute approximate surface area is 110 Å². The number of carbonyl (C=O) groups is 2. The summed E-state index contributed by atoms with van der Waals surface area (Å²) in [7, 11) is 0. The Hall–Kier alpha value is -1.43. The molecule has 2 unspecified atom stereocenters. The molecule has 0 bridgehead atoms. The molecule has 1 aromatic rings. The molecule has 0 aliphatic carbocycles. The molecule has 1 aliphatic heterocycles. The monoisotopic (exact) mass is 267 g/mol. The lowest BCUT2D eigenvalue weighted by Crippen LogP contribution is -2.57. The van der Waals surface area contributed by atoms with E-state index in [1.165, 1.54) is 0 Å². The zero-order chi connectivity index (χ0) is 13.4. The number of nitrogens with one attached hydrogen (secondary N) is 1. The van der Waals surface area contributed by atoms with Crippen LogP contribution >= 0.6 is 11.3 Å². The Bertz CT molecular complexity index is 498. The lowest BCUT2D eigenvalue weighted by Gasteiger charge is -2.35. The summed E-state index contributed by atoms with van der Waals surface area (Å²) in [6.07, 6.45) is 0.